The third-order valence-electron chi connectivity index (χ3n) is 5.97. The summed E-state index contributed by atoms with van der Waals surface area (Å²) in [5, 5.41) is 13.5. The Labute approximate surface area is 189 Å². The number of furan rings is 1. The van der Waals surface area contributed by atoms with Crippen molar-refractivity contribution in [3.8, 4) is 0 Å². The molecule has 1 atom stereocenters. The van der Waals surface area contributed by atoms with E-state index in [1.165, 1.54) is 12.1 Å². The number of nitrogens with zero attached hydrogens (tertiary/aromatic N) is 1. The number of rotatable bonds is 4. The Hall–Kier alpha value is -3.10. The van der Waals surface area contributed by atoms with Gasteiger partial charge in [-0.3, -0.25) is 14.8 Å². The largest absolute Gasteiger partial charge is 0.460 e. The van der Waals surface area contributed by atoms with Crippen molar-refractivity contribution in [1.29, 1.82) is 0 Å². The topological polar surface area (TPSA) is 102 Å². The van der Waals surface area contributed by atoms with Crippen LogP contribution in [0.1, 0.15) is 24.7 Å². The summed E-state index contributed by atoms with van der Waals surface area (Å²) in [6.45, 7) is 2.19. The highest BCUT2D eigenvalue weighted by Crippen LogP contribution is 2.41. The summed E-state index contributed by atoms with van der Waals surface area (Å²) < 4.78 is 35.1. The van der Waals surface area contributed by atoms with Crippen LogP contribution >= 0.6 is 11.6 Å². The smallest absolute Gasteiger partial charge is 0.289 e. The summed E-state index contributed by atoms with van der Waals surface area (Å²) in [5.41, 5.74) is 1.80. The number of nitro groups is 1. The highest BCUT2D eigenvalue weighted by atomic mass is 35.5. The van der Waals surface area contributed by atoms with Gasteiger partial charge in [0.25, 0.3) is 15.7 Å². The first-order valence-electron chi connectivity index (χ1n) is 10.2. The molecule has 32 heavy (non-hydrogen) atoms. The van der Waals surface area contributed by atoms with E-state index in [2.05, 4.69) is 11.6 Å². The highest BCUT2D eigenvalue weighted by Gasteiger charge is 2.26. The predicted octanol–water partition coefficient (Wildman–Crippen LogP) is 6.07. The fraction of sp³-hybridized carbons (Fsp3) is 0.217. The van der Waals surface area contributed by atoms with Crippen LogP contribution in [0.15, 0.2) is 57.8 Å². The Morgan fingerprint density at radius 2 is 1.88 bits per heavy atom. The number of sulfonamides is 1. The molecule has 0 saturated carbocycles. The maximum absolute atomic E-state index is 13.1. The van der Waals surface area contributed by atoms with Gasteiger partial charge in [0.05, 0.1) is 15.5 Å². The van der Waals surface area contributed by atoms with Gasteiger partial charge in [0.1, 0.15) is 16.4 Å². The van der Waals surface area contributed by atoms with Crippen LogP contribution < -0.4 is 4.72 Å². The first kappa shape index (κ1) is 20.8. The van der Waals surface area contributed by atoms with Gasteiger partial charge in [-0.2, -0.15) is 0 Å². The van der Waals surface area contributed by atoms with Crippen LogP contribution in [-0.2, 0) is 22.9 Å². The monoisotopic (exact) mass is 470 g/mol. The lowest BCUT2D eigenvalue weighted by atomic mass is 9.88. The van der Waals surface area contributed by atoms with Crippen LogP contribution in [-0.4, -0.2) is 13.3 Å². The van der Waals surface area contributed by atoms with E-state index in [4.69, 9.17) is 16.0 Å². The molecule has 0 fully saturated rings. The molecule has 9 heteroatoms. The van der Waals surface area contributed by atoms with Crippen LogP contribution in [0.3, 0.4) is 0 Å². The number of aryl methyl sites for hydroxylation is 1. The molecule has 1 heterocycles. The lowest BCUT2D eigenvalue weighted by Gasteiger charge is -2.16. The molecular weight excluding hydrogens is 452 g/mol. The Morgan fingerprint density at radius 1 is 1.12 bits per heavy atom. The molecule has 1 aliphatic carbocycles. The molecule has 3 aromatic carbocycles. The van der Waals surface area contributed by atoms with E-state index in [9.17, 15) is 18.5 Å². The molecule has 4 aromatic rings. The predicted molar refractivity (Wildman–Crippen MR) is 124 cm³/mol. The lowest BCUT2D eigenvalue weighted by molar-refractivity contribution is -0.384. The van der Waals surface area contributed by atoms with Gasteiger partial charge in [0.15, 0.2) is 0 Å². The number of halogens is 1. The van der Waals surface area contributed by atoms with E-state index in [1.54, 1.807) is 6.07 Å². The molecule has 1 N–H and O–H groups in total. The quantitative estimate of drug-likeness (QED) is 0.288. The zero-order valence-corrected chi connectivity index (χ0v) is 18.7. The van der Waals surface area contributed by atoms with Crippen molar-refractivity contribution in [2.45, 2.75) is 31.1 Å². The number of benzene rings is 3. The van der Waals surface area contributed by atoms with E-state index in [1.807, 2.05) is 24.3 Å². The summed E-state index contributed by atoms with van der Waals surface area (Å²) in [4.78, 5) is 10.3. The van der Waals surface area contributed by atoms with Crippen LogP contribution in [0.4, 0.5) is 11.4 Å². The Balaban J connectivity index is 1.67. The summed E-state index contributed by atoms with van der Waals surface area (Å²) in [6, 6.07) is 12.7. The zero-order chi connectivity index (χ0) is 22.6. The summed E-state index contributed by atoms with van der Waals surface area (Å²) in [6.07, 6.45) is 2.77. The number of nitrogens with one attached hydrogen (secondary N) is 1. The molecule has 0 radical (unpaired) electrons. The van der Waals surface area contributed by atoms with E-state index < -0.39 is 20.6 Å². The van der Waals surface area contributed by atoms with Gasteiger partial charge >= 0.3 is 0 Å². The van der Waals surface area contributed by atoms with E-state index in [-0.39, 0.29) is 9.92 Å². The molecule has 0 bridgehead atoms. The molecule has 1 aliphatic rings. The molecule has 0 spiro atoms. The fourth-order valence-corrected chi connectivity index (χ4v) is 5.63. The number of nitro benzene ring substituents is 1. The number of hydrogen-bond acceptors (Lipinski definition) is 5. The Morgan fingerprint density at radius 3 is 2.62 bits per heavy atom. The van der Waals surface area contributed by atoms with Gasteiger partial charge in [-0.25, -0.2) is 8.42 Å². The van der Waals surface area contributed by atoms with Crippen molar-refractivity contribution in [2.24, 2.45) is 5.92 Å². The molecule has 0 unspecified atom stereocenters. The molecule has 164 valence electrons. The number of fused-ring (bicyclic) bond motifs is 5. The van der Waals surface area contributed by atoms with Crippen LogP contribution in [0.5, 0.6) is 0 Å². The summed E-state index contributed by atoms with van der Waals surface area (Å²) in [7, 11) is -4.10. The number of hydrogen-bond donors (Lipinski definition) is 1. The normalized spacial score (nSPS) is 16.2. The van der Waals surface area contributed by atoms with Crippen molar-refractivity contribution < 1.29 is 17.8 Å². The maximum atomic E-state index is 13.1. The van der Waals surface area contributed by atoms with Gasteiger partial charge in [-0.15, -0.1) is 0 Å². The van der Waals surface area contributed by atoms with Gasteiger partial charge < -0.3 is 4.42 Å². The standard InChI is InChI=1S/C23H19ClN2O5S/c1-13-6-8-16-18-12-20(15-4-2-3-5-17(15)23(18)31-22(16)10-13)25-32(29,30)14-7-9-19(24)21(11-14)26(27)28/h2-5,7,9,11-13,25H,6,8,10H2,1H3/t13-/m0/s1. The summed E-state index contributed by atoms with van der Waals surface area (Å²) in [5.74, 6) is 1.49. The van der Waals surface area contributed by atoms with Gasteiger partial charge in [-0.05, 0) is 37.0 Å². The molecule has 1 aromatic heterocycles. The lowest BCUT2D eigenvalue weighted by Crippen LogP contribution is -2.13. The first-order chi connectivity index (χ1) is 15.2. The van der Waals surface area contributed by atoms with E-state index in [0.29, 0.717) is 17.0 Å². The molecule has 0 saturated heterocycles. The number of anilines is 1. The highest BCUT2D eigenvalue weighted by molar-refractivity contribution is 7.92. The minimum Gasteiger partial charge on any atom is -0.460 e. The summed E-state index contributed by atoms with van der Waals surface area (Å²) >= 11 is 5.84. The van der Waals surface area contributed by atoms with Gasteiger partial charge in [-0.1, -0.05) is 42.8 Å². The van der Waals surface area contributed by atoms with Crippen molar-refractivity contribution >= 4 is 54.7 Å². The molecular formula is C23H19ClN2O5S. The Kier molecular flexibility index (Phi) is 4.87. The second-order valence-electron chi connectivity index (χ2n) is 8.17. The Bertz CT molecular complexity index is 1510. The third-order valence-corrected chi connectivity index (χ3v) is 7.65. The third kappa shape index (κ3) is 3.40. The van der Waals surface area contributed by atoms with Crippen LogP contribution in [0.25, 0.3) is 21.7 Å². The van der Waals surface area contributed by atoms with Crippen molar-refractivity contribution in [1.82, 2.24) is 0 Å². The minimum absolute atomic E-state index is 0.125. The maximum Gasteiger partial charge on any atom is 0.289 e. The van der Waals surface area contributed by atoms with Gasteiger partial charge in [0, 0.05) is 34.2 Å². The average Bonchev–Trinajstić information content (AvgIpc) is 3.11. The van der Waals surface area contributed by atoms with Crippen molar-refractivity contribution in [3.05, 3.63) is 75.0 Å². The fourth-order valence-electron chi connectivity index (χ4n) is 4.35. The average molecular weight is 471 g/mol. The van der Waals surface area contributed by atoms with Gasteiger partial charge in [0.2, 0.25) is 0 Å². The van der Waals surface area contributed by atoms with Crippen molar-refractivity contribution in [3.63, 3.8) is 0 Å². The second kappa shape index (κ2) is 7.50. The SMILES string of the molecule is C[C@H]1CCc2c(oc3c2cc(NS(=O)(=O)c2ccc(Cl)c([N+](=O)[O-])c2)c2ccccc23)C1. The minimum atomic E-state index is -4.10. The first-order valence-corrected chi connectivity index (χ1v) is 12.0. The molecule has 0 aliphatic heterocycles. The van der Waals surface area contributed by atoms with E-state index in [0.717, 1.165) is 53.0 Å². The van der Waals surface area contributed by atoms with Crippen molar-refractivity contribution in [2.75, 3.05) is 4.72 Å². The van der Waals surface area contributed by atoms with Crippen LogP contribution in [0.2, 0.25) is 5.02 Å². The van der Waals surface area contributed by atoms with E-state index >= 15 is 0 Å². The zero-order valence-electron chi connectivity index (χ0n) is 17.1. The van der Waals surface area contributed by atoms with Crippen LogP contribution in [0, 0.1) is 16.0 Å². The molecule has 5 rings (SSSR count). The molecule has 0 amide bonds. The molecule has 7 nitrogen and oxygen atoms in total. The second-order valence-corrected chi connectivity index (χ2v) is 10.3.